The smallest absolute Gasteiger partial charge is 0.225 e. The minimum absolute atomic E-state index is 0.192. The number of aromatic nitrogens is 3. The van der Waals surface area contributed by atoms with Gasteiger partial charge in [-0.15, -0.1) is 11.3 Å². The summed E-state index contributed by atoms with van der Waals surface area (Å²) in [6.07, 6.45) is 4.68. The van der Waals surface area contributed by atoms with Crippen molar-refractivity contribution in [2.75, 3.05) is 31.1 Å². The van der Waals surface area contributed by atoms with E-state index in [0.717, 1.165) is 35.3 Å². The SMILES string of the molecule is O=C(CCc1csc(-c2ccccc2)n1)N1CCN(c2ncccn2)CC1. The van der Waals surface area contributed by atoms with Crippen molar-refractivity contribution in [3.8, 4) is 10.6 Å². The van der Waals surface area contributed by atoms with Crippen LogP contribution in [0.15, 0.2) is 54.2 Å². The van der Waals surface area contributed by atoms with Gasteiger partial charge in [0.15, 0.2) is 0 Å². The zero-order valence-electron chi connectivity index (χ0n) is 15.0. The molecular weight excluding hydrogens is 358 g/mol. The second kappa shape index (κ2) is 8.26. The van der Waals surface area contributed by atoms with Gasteiger partial charge in [-0.25, -0.2) is 15.0 Å². The molecule has 0 N–H and O–H groups in total. The van der Waals surface area contributed by atoms with Crippen molar-refractivity contribution >= 4 is 23.2 Å². The Bertz CT molecular complexity index is 876. The molecule has 0 aliphatic carbocycles. The molecule has 1 saturated heterocycles. The molecule has 3 heterocycles. The number of amides is 1. The minimum atomic E-state index is 0.192. The van der Waals surface area contributed by atoms with E-state index in [1.807, 2.05) is 29.2 Å². The van der Waals surface area contributed by atoms with Gasteiger partial charge < -0.3 is 9.80 Å². The van der Waals surface area contributed by atoms with E-state index in [1.165, 1.54) is 0 Å². The molecule has 1 aromatic carbocycles. The molecule has 1 fully saturated rings. The molecule has 0 spiro atoms. The normalized spacial score (nSPS) is 14.4. The van der Waals surface area contributed by atoms with E-state index >= 15 is 0 Å². The van der Waals surface area contributed by atoms with E-state index in [4.69, 9.17) is 0 Å². The summed E-state index contributed by atoms with van der Waals surface area (Å²) in [4.78, 5) is 29.8. The molecule has 0 atom stereocenters. The Balaban J connectivity index is 1.27. The van der Waals surface area contributed by atoms with Gasteiger partial charge in [-0.3, -0.25) is 4.79 Å². The number of nitrogens with zero attached hydrogens (tertiary/aromatic N) is 5. The molecule has 27 heavy (non-hydrogen) atoms. The Morgan fingerprint density at radius 3 is 2.48 bits per heavy atom. The first-order valence-corrected chi connectivity index (χ1v) is 9.97. The van der Waals surface area contributed by atoms with Crippen molar-refractivity contribution in [1.82, 2.24) is 19.9 Å². The molecule has 138 valence electrons. The lowest BCUT2D eigenvalue weighted by atomic mass is 10.2. The van der Waals surface area contributed by atoms with Crippen LogP contribution in [0.4, 0.5) is 5.95 Å². The lowest BCUT2D eigenvalue weighted by Gasteiger charge is -2.34. The summed E-state index contributed by atoms with van der Waals surface area (Å²) in [5.74, 6) is 0.929. The van der Waals surface area contributed by atoms with Crippen LogP contribution in [0.25, 0.3) is 10.6 Å². The molecule has 0 radical (unpaired) electrons. The number of thiazole rings is 1. The number of piperazine rings is 1. The van der Waals surface area contributed by atoms with Crippen LogP contribution in [-0.4, -0.2) is 51.9 Å². The van der Waals surface area contributed by atoms with Gasteiger partial charge in [0.25, 0.3) is 0 Å². The fourth-order valence-corrected chi connectivity index (χ4v) is 4.00. The molecule has 0 saturated carbocycles. The summed E-state index contributed by atoms with van der Waals surface area (Å²) in [6, 6.07) is 12.0. The number of carbonyl (C=O) groups is 1. The monoisotopic (exact) mass is 379 g/mol. The van der Waals surface area contributed by atoms with Gasteiger partial charge in [0.05, 0.1) is 5.69 Å². The lowest BCUT2D eigenvalue weighted by Crippen LogP contribution is -2.49. The summed E-state index contributed by atoms with van der Waals surface area (Å²) in [5, 5.41) is 3.06. The number of carbonyl (C=O) groups excluding carboxylic acids is 1. The van der Waals surface area contributed by atoms with Gasteiger partial charge in [0.2, 0.25) is 11.9 Å². The topological polar surface area (TPSA) is 62.2 Å². The Morgan fingerprint density at radius 1 is 1.00 bits per heavy atom. The molecule has 2 aromatic heterocycles. The lowest BCUT2D eigenvalue weighted by molar-refractivity contribution is -0.131. The molecule has 1 amide bonds. The van der Waals surface area contributed by atoms with E-state index in [0.29, 0.717) is 25.9 Å². The fraction of sp³-hybridized carbons (Fsp3) is 0.300. The maximum atomic E-state index is 12.5. The third-order valence-electron chi connectivity index (χ3n) is 4.63. The molecule has 0 bridgehead atoms. The fourth-order valence-electron chi connectivity index (χ4n) is 3.14. The maximum Gasteiger partial charge on any atom is 0.225 e. The largest absolute Gasteiger partial charge is 0.339 e. The van der Waals surface area contributed by atoms with Gasteiger partial charge in [-0.2, -0.15) is 0 Å². The summed E-state index contributed by atoms with van der Waals surface area (Å²) in [6.45, 7) is 2.96. The summed E-state index contributed by atoms with van der Waals surface area (Å²) in [7, 11) is 0. The van der Waals surface area contributed by atoms with Gasteiger partial charge in [-0.1, -0.05) is 30.3 Å². The van der Waals surface area contributed by atoms with Crippen LogP contribution < -0.4 is 4.90 Å². The maximum absolute atomic E-state index is 12.5. The van der Waals surface area contributed by atoms with Crippen LogP contribution in [0.1, 0.15) is 12.1 Å². The van der Waals surface area contributed by atoms with E-state index < -0.39 is 0 Å². The Hall–Kier alpha value is -2.80. The predicted molar refractivity (Wildman–Crippen MR) is 107 cm³/mol. The Morgan fingerprint density at radius 2 is 1.74 bits per heavy atom. The van der Waals surface area contributed by atoms with E-state index in [9.17, 15) is 4.79 Å². The predicted octanol–water partition coefficient (Wildman–Crippen LogP) is 2.88. The standard InChI is InChI=1S/C20H21N5OS/c26-18(24-11-13-25(14-12-24)20-21-9-4-10-22-20)8-7-17-15-27-19(23-17)16-5-2-1-3-6-16/h1-6,9-10,15H,7-8,11-14H2. The highest BCUT2D eigenvalue weighted by Gasteiger charge is 2.22. The van der Waals surface area contributed by atoms with Crippen molar-refractivity contribution in [2.45, 2.75) is 12.8 Å². The van der Waals surface area contributed by atoms with Gasteiger partial charge in [0, 0.05) is 55.9 Å². The van der Waals surface area contributed by atoms with Crippen LogP contribution >= 0.6 is 11.3 Å². The number of hydrogen-bond acceptors (Lipinski definition) is 6. The van der Waals surface area contributed by atoms with Crippen molar-refractivity contribution in [1.29, 1.82) is 0 Å². The Labute approximate surface area is 162 Å². The average Bonchev–Trinajstić information content (AvgIpc) is 3.22. The molecule has 1 aliphatic rings. The van der Waals surface area contributed by atoms with E-state index in [1.54, 1.807) is 23.7 Å². The van der Waals surface area contributed by atoms with Crippen molar-refractivity contribution in [2.24, 2.45) is 0 Å². The van der Waals surface area contributed by atoms with Gasteiger partial charge in [-0.05, 0) is 12.5 Å². The first-order chi connectivity index (χ1) is 13.3. The number of benzene rings is 1. The third kappa shape index (κ3) is 4.31. The van der Waals surface area contributed by atoms with Gasteiger partial charge in [0.1, 0.15) is 5.01 Å². The molecule has 0 unspecified atom stereocenters. The zero-order chi connectivity index (χ0) is 18.5. The van der Waals surface area contributed by atoms with Crippen molar-refractivity contribution < 1.29 is 4.79 Å². The highest BCUT2D eigenvalue weighted by molar-refractivity contribution is 7.13. The summed E-state index contributed by atoms with van der Waals surface area (Å²) in [5.41, 5.74) is 2.11. The van der Waals surface area contributed by atoms with Crippen molar-refractivity contribution in [3.05, 3.63) is 59.9 Å². The number of anilines is 1. The quantitative estimate of drug-likeness (QED) is 0.682. The first kappa shape index (κ1) is 17.6. The average molecular weight is 379 g/mol. The van der Waals surface area contributed by atoms with E-state index in [-0.39, 0.29) is 5.91 Å². The van der Waals surface area contributed by atoms with Crippen LogP contribution in [0.5, 0.6) is 0 Å². The van der Waals surface area contributed by atoms with Gasteiger partial charge >= 0.3 is 0 Å². The minimum Gasteiger partial charge on any atom is -0.339 e. The third-order valence-corrected chi connectivity index (χ3v) is 5.58. The summed E-state index contributed by atoms with van der Waals surface area (Å²) < 4.78 is 0. The number of hydrogen-bond donors (Lipinski definition) is 0. The molecule has 6 nitrogen and oxygen atoms in total. The van der Waals surface area contributed by atoms with Crippen molar-refractivity contribution in [3.63, 3.8) is 0 Å². The first-order valence-electron chi connectivity index (χ1n) is 9.09. The molecule has 1 aliphatic heterocycles. The number of aryl methyl sites for hydroxylation is 1. The molecule has 3 aromatic rings. The highest BCUT2D eigenvalue weighted by Crippen LogP contribution is 2.24. The number of rotatable bonds is 5. The second-order valence-corrected chi connectivity index (χ2v) is 7.28. The molecule has 7 heteroatoms. The highest BCUT2D eigenvalue weighted by atomic mass is 32.1. The van der Waals surface area contributed by atoms with Crippen LogP contribution in [-0.2, 0) is 11.2 Å². The van der Waals surface area contributed by atoms with Crippen LogP contribution in [0.2, 0.25) is 0 Å². The Kier molecular flexibility index (Phi) is 5.39. The molecule has 4 rings (SSSR count). The second-order valence-electron chi connectivity index (χ2n) is 6.43. The molecular formula is C20H21N5OS. The van der Waals surface area contributed by atoms with Crippen LogP contribution in [0.3, 0.4) is 0 Å². The summed E-state index contributed by atoms with van der Waals surface area (Å²) >= 11 is 1.63. The zero-order valence-corrected chi connectivity index (χ0v) is 15.8. The van der Waals surface area contributed by atoms with E-state index in [2.05, 4.69) is 37.4 Å². The van der Waals surface area contributed by atoms with Crippen LogP contribution in [0, 0.1) is 0 Å².